The molecule has 1 aliphatic rings. The first-order chi connectivity index (χ1) is 24.3. The van der Waals surface area contributed by atoms with Crippen molar-refractivity contribution < 1.29 is 4.42 Å². The smallest absolute Gasteiger partial charge is 0.143 e. The lowest BCUT2D eigenvalue weighted by atomic mass is 9.95. The third kappa shape index (κ3) is 4.61. The molecule has 1 aliphatic heterocycles. The van der Waals surface area contributed by atoms with Crippen molar-refractivity contribution >= 4 is 60.1 Å². The molecule has 0 radical (unpaired) electrons. The number of rotatable bonds is 4. The second kappa shape index (κ2) is 11.2. The van der Waals surface area contributed by atoms with Gasteiger partial charge in [0.15, 0.2) is 0 Å². The molecular weight excluding hydrogens is 599 g/mol. The van der Waals surface area contributed by atoms with Crippen molar-refractivity contribution in [2.75, 3.05) is 0 Å². The normalized spacial score (nSPS) is 16.4. The Hall–Kier alpha value is -6.23. The zero-order valence-electron chi connectivity index (χ0n) is 26.6. The van der Waals surface area contributed by atoms with Gasteiger partial charge in [0, 0.05) is 27.5 Å². The molecule has 0 amide bonds. The van der Waals surface area contributed by atoms with Crippen LogP contribution in [0.4, 0.5) is 0 Å². The molecule has 8 aromatic carbocycles. The van der Waals surface area contributed by atoms with Gasteiger partial charge < -0.3 is 9.73 Å². The Balaban J connectivity index is 1.24. The first-order valence-electron chi connectivity index (χ1n) is 16.8. The number of nitrogens with one attached hydrogen (secondary N) is 2. The van der Waals surface area contributed by atoms with E-state index >= 15 is 0 Å². The summed E-state index contributed by atoms with van der Waals surface area (Å²) in [4.78, 5) is 5.48. The highest BCUT2D eigenvalue weighted by molar-refractivity contribution is 6.15. The second-order valence-corrected chi connectivity index (χ2v) is 12.8. The number of hydrogen-bond acceptors (Lipinski definition) is 4. The molecule has 0 aliphatic carbocycles. The largest absolute Gasteiger partial charge is 0.455 e. The average Bonchev–Trinajstić information content (AvgIpc) is 3.54. The molecular formula is C45H31N3O. The highest BCUT2D eigenvalue weighted by atomic mass is 16.3. The summed E-state index contributed by atoms with van der Waals surface area (Å²) in [5.41, 5.74) is 7.26. The molecule has 1 aromatic heterocycles. The van der Waals surface area contributed by atoms with Crippen LogP contribution in [0, 0.1) is 0 Å². The van der Waals surface area contributed by atoms with E-state index in [1.807, 2.05) is 0 Å². The van der Waals surface area contributed by atoms with E-state index in [1.165, 1.54) is 32.5 Å². The van der Waals surface area contributed by atoms with Crippen LogP contribution in [0.2, 0.25) is 0 Å². The van der Waals surface area contributed by atoms with Gasteiger partial charge in [-0.15, -0.1) is 0 Å². The van der Waals surface area contributed by atoms with Gasteiger partial charge in [-0.3, -0.25) is 5.32 Å². The van der Waals surface area contributed by atoms with Crippen molar-refractivity contribution in [3.63, 3.8) is 0 Å². The van der Waals surface area contributed by atoms with Crippen LogP contribution >= 0.6 is 0 Å². The van der Waals surface area contributed by atoms with Crippen LogP contribution in [-0.4, -0.2) is 5.84 Å². The molecule has 0 saturated heterocycles. The van der Waals surface area contributed by atoms with Crippen molar-refractivity contribution in [3.8, 4) is 11.1 Å². The summed E-state index contributed by atoms with van der Waals surface area (Å²) in [6.45, 7) is 0. The minimum atomic E-state index is -0.362. The van der Waals surface area contributed by atoms with Gasteiger partial charge in [0.1, 0.15) is 29.3 Å². The van der Waals surface area contributed by atoms with E-state index in [-0.39, 0.29) is 12.3 Å². The van der Waals surface area contributed by atoms with E-state index in [0.29, 0.717) is 0 Å². The number of amidine groups is 1. The molecule has 4 nitrogen and oxygen atoms in total. The molecule has 2 heterocycles. The topological polar surface area (TPSA) is 49.6 Å². The fraction of sp³-hybridized carbons (Fsp3) is 0.0444. The fourth-order valence-electron chi connectivity index (χ4n) is 7.61. The minimum absolute atomic E-state index is 0.203. The lowest BCUT2D eigenvalue weighted by Gasteiger charge is -2.33. The van der Waals surface area contributed by atoms with Gasteiger partial charge in [0.25, 0.3) is 0 Å². The van der Waals surface area contributed by atoms with Crippen LogP contribution in [-0.2, 0) is 0 Å². The predicted molar refractivity (Wildman–Crippen MR) is 203 cm³/mol. The molecule has 2 unspecified atom stereocenters. The van der Waals surface area contributed by atoms with Crippen molar-refractivity contribution in [2.45, 2.75) is 12.3 Å². The number of furan rings is 1. The number of nitrogens with zero attached hydrogens (tertiary/aromatic N) is 1. The Kier molecular flexibility index (Phi) is 6.36. The zero-order chi connectivity index (χ0) is 32.3. The Morgan fingerprint density at radius 3 is 1.96 bits per heavy atom. The number of benzene rings is 8. The molecule has 2 atom stereocenters. The first kappa shape index (κ1) is 27.8. The predicted octanol–water partition coefficient (Wildman–Crippen LogP) is 11.0. The Labute approximate surface area is 283 Å². The molecule has 49 heavy (non-hydrogen) atoms. The summed E-state index contributed by atoms with van der Waals surface area (Å²) in [6, 6.07) is 57.9. The van der Waals surface area contributed by atoms with E-state index in [2.05, 4.69) is 174 Å². The molecule has 10 rings (SSSR count). The van der Waals surface area contributed by atoms with Crippen molar-refractivity contribution in [2.24, 2.45) is 4.99 Å². The van der Waals surface area contributed by atoms with Gasteiger partial charge in [-0.25, -0.2) is 4.99 Å². The van der Waals surface area contributed by atoms with E-state index < -0.39 is 0 Å². The monoisotopic (exact) mass is 629 g/mol. The summed E-state index contributed by atoms with van der Waals surface area (Å²) in [6.07, 6.45) is -0.566. The number of hydrogen-bond donors (Lipinski definition) is 2. The van der Waals surface area contributed by atoms with Crippen LogP contribution in [0.1, 0.15) is 29.0 Å². The van der Waals surface area contributed by atoms with Crippen molar-refractivity contribution in [3.05, 3.63) is 180 Å². The lowest BCUT2D eigenvalue weighted by Crippen LogP contribution is -2.45. The quantitative estimate of drug-likeness (QED) is 0.204. The third-order valence-corrected chi connectivity index (χ3v) is 9.94. The van der Waals surface area contributed by atoms with Gasteiger partial charge in [0.2, 0.25) is 0 Å². The van der Waals surface area contributed by atoms with E-state index in [1.54, 1.807) is 0 Å². The third-order valence-electron chi connectivity index (χ3n) is 9.94. The van der Waals surface area contributed by atoms with Crippen LogP contribution in [0.3, 0.4) is 0 Å². The number of fused-ring (bicyclic) bond motifs is 6. The molecule has 2 N–H and O–H groups in total. The number of aliphatic imine (C=N–C) groups is 1. The van der Waals surface area contributed by atoms with Crippen LogP contribution < -0.4 is 10.6 Å². The maximum atomic E-state index is 6.82. The summed E-state index contributed by atoms with van der Waals surface area (Å²) in [7, 11) is 0. The summed E-state index contributed by atoms with van der Waals surface area (Å²) < 4.78 is 6.82. The average molecular weight is 630 g/mol. The summed E-state index contributed by atoms with van der Waals surface area (Å²) in [5, 5.41) is 17.0. The van der Waals surface area contributed by atoms with Crippen molar-refractivity contribution in [1.82, 2.24) is 10.6 Å². The summed E-state index contributed by atoms with van der Waals surface area (Å²) >= 11 is 0. The molecule has 9 aromatic rings. The molecule has 4 heteroatoms. The Morgan fingerprint density at radius 1 is 0.490 bits per heavy atom. The van der Waals surface area contributed by atoms with Gasteiger partial charge >= 0.3 is 0 Å². The van der Waals surface area contributed by atoms with Crippen LogP contribution in [0.5, 0.6) is 0 Å². The molecule has 0 spiro atoms. The van der Waals surface area contributed by atoms with Gasteiger partial charge in [-0.2, -0.15) is 0 Å². The van der Waals surface area contributed by atoms with Crippen LogP contribution in [0.25, 0.3) is 65.4 Å². The Bertz CT molecular complexity index is 2730. The fourth-order valence-corrected chi connectivity index (χ4v) is 7.61. The minimum Gasteiger partial charge on any atom is -0.455 e. The van der Waals surface area contributed by atoms with Crippen LogP contribution in [0.15, 0.2) is 173 Å². The highest BCUT2D eigenvalue weighted by Gasteiger charge is 2.30. The molecule has 0 fully saturated rings. The van der Waals surface area contributed by atoms with E-state index in [4.69, 9.17) is 9.41 Å². The van der Waals surface area contributed by atoms with E-state index in [9.17, 15) is 0 Å². The molecule has 0 saturated carbocycles. The Morgan fingerprint density at radius 2 is 1.14 bits per heavy atom. The highest BCUT2D eigenvalue weighted by Crippen LogP contribution is 2.43. The standard InChI is InChI=1S/C45H31N3O/c1-2-12-30(13-3-1)35-24-25-38(41-39-26-31-16-4-5-17-32(31)27-40(39)49-42(35)41)45-47-43(36-22-10-18-28-14-6-8-20-33(28)36)46-44(48-45)37-23-11-19-29-15-7-9-21-34(29)37/h1-27,43,45,47H,(H,46,48). The van der Waals surface area contributed by atoms with Gasteiger partial charge in [-0.05, 0) is 55.6 Å². The summed E-state index contributed by atoms with van der Waals surface area (Å²) in [5.74, 6) is 0.858. The lowest BCUT2D eigenvalue weighted by molar-refractivity contribution is 0.413. The van der Waals surface area contributed by atoms with E-state index in [0.717, 1.165) is 55.4 Å². The molecule has 0 bridgehead atoms. The maximum absolute atomic E-state index is 6.82. The zero-order valence-corrected chi connectivity index (χ0v) is 26.6. The molecule has 232 valence electrons. The first-order valence-corrected chi connectivity index (χ1v) is 16.8. The maximum Gasteiger partial charge on any atom is 0.143 e. The van der Waals surface area contributed by atoms with Gasteiger partial charge in [-0.1, -0.05) is 152 Å². The van der Waals surface area contributed by atoms with Gasteiger partial charge in [0.05, 0.1) is 0 Å². The second-order valence-electron chi connectivity index (χ2n) is 12.8. The SMILES string of the molecule is c1ccc(-c2ccc(C3N=C(c4cccc5ccccc45)NC(c4cccc5ccccc45)N3)c3c2oc2cc4ccccc4cc23)cc1. The van der Waals surface area contributed by atoms with Crippen molar-refractivity contribution in [1.29, 1.82) is 0 Å².